The molecule has 0 aromatic heterocycles. The molecule has 0 aliphatic carbocycles. The van der Waals surface area contributed by atoms with Crippen LogP contribution in [0.5, 0.6) is 11.5 Å². The molecule has 0 saturated heterocycles. The van der Waals surface area contributed by atoms with Crippen molar-refractivity contribution in [3.05, 3.63) is 54.1 Å². The normalized spacial score (nSPS) is 9.95. The Labute approximate surface area is 130 Å². The molecule has 1 amide bonds. The monoisotopic (exact) mass is 301 g/mol. The maximum Gasteiger partial charge on any atom is 0.414 e. The van der Waals surface area contributed by atoms with E-state index in [1.54, 1.807) is 39.5 Å². The lowest BCUT2D eigenvalue weighted by Crippen LogP contribution is -2.26. The SMILES string of the molecule is COc1ccc(N(C)C(=O)OCc2ccccc2)cc1OC. The predicted molar refractivity (Wildman–Crippen MR) is 84.6 cm³/mol. The minimum absolute atomic E-state index is 0.233. The molecule has 2 aromatic carbocycles. The average molecular weight is 301 g/mol. The summed E-state index contributed by atoms with van der Waals surface area (Å²) in [6, 6.07) is 14.8. The first-order valence-corrected chi connectivity index (χ1v) is 6.82. The van der Waals surface area contributed by atoms with E-state index in [1.165, 1.54) is 4.90 Å². The summed E-state index contributed by atoms with van der Waals surface area (Å²) in [4.78, 5) is 13.5. The van der Waals surface area contributed by atoms with Gasteiger partial charge in [-0.1, -0.05) is 30.3 Å². The van der Waals surface area contributed by atoms with Crippen LogP contribution in [-0.2, 0) is 11.3 Å². The lowest BCUT2D eigenvalue weighted by molar-refractivity contribution is 0.148. The Balaban J connectivity index is 2.04. The van der Waals surface area contributed by atoms with E-state index in [1.807, 2.05) is 30.3 Å². The van der Waals surface area contributed by atoms with E-state index in [0.29, 0.717) is 17.2 Å². The maximum atomic E-state index is 12.1. The molecule has 0 fully saturated rings. The molecule has 0 aliphatic rings. The molecule has 0 aliphatic heterocycles. The van der Waals surface area contributed by atoms with Gasteiger partial charge in [0.05, 0.1) is 19.9 Å². The first-order valence-electron chi connectivity index (χ1n) is 6.82. The molecule has 0 radical (unpaired) electrons. The number of anilines is 1. The molecule has 0 bridgehead atoms. The molecule has 5 heteroatoms. The fraction of sp³-hybridized carbons (Fsp3) is 0.235. The van der Waals surface area contributed by atoms with Crippen molar-refractivity contribution in [1.29, 1.82) is 0 Å². The van der Waals surface area contributed by atoms with Crippen LogP contribution in [0.4, 0.5) is 10.5 Å². The molecule has 0 spiro atoms. The van der Waals surface area contributed by atoms with E-state index >= 15 is 0 Å². The van der Waals surface area contributed by atoms with E-state index in [2.05, 4.69) is 0 Å². The van der Waals surface area contributed by atoms with Gasteiger partial charge in [0.25, 0.3) is 0 Å². The molecule has 0 N–H and O–H groups in total. The summed E-state index contributed by atoms with van der Waals surface area (Å²) in [5, 5.41) is 0. The van der Waals surface area contributed by atoms with Crippen molar-refractivity contribution < 1.29 is 19.0 Å². The second-order valence-corrected chi connectivity index (χ2v) is 4.64. The van der Waals surface area contributed by atoms with Gasteiger partial charge in [0.15, 0.2) is 11.5 Å². The van der Waals surface area contributed by atoms with Gasteiger partial charge in [0.2, 0.25) is 0 Å². The Bertz CT molecular complexity index is 628. The van der Waals surface area contributed by atoms with Gasteiger partial charge in [-0.05, 0) is 17.7 Å². The Morgan fingerprint density at radius 3 is 2.32 bits per heavy atom. The van der Waals surface area contributed by atoms with Crippen molar-refractivity contribution in [2.75, 3.05) is 26.2 Å². The minimum Gasteiger partial charge on any atom is -0.493 e. The third kappa shape index (κ3) is 3.69. The predicted octanol–water partition coefficient (Wildman–Crippen LogP) is 3.48. The average Bonchev–Trinajstić information content (AvgIpc) is 2.59. The number of ether oxygens (including phenoxy) is 3. The molecular formula is C17H19NO4. The molecule has 2 aromatic rings. The molecular weight excluding hydrogens is 282 g/mol. The number of methoxy groups -OCH3 is 2. The number of rotatable bonds is 5. The van der Waals surface area contributed by atoms with Crippen LogP contribution in [0.25, 0.3) is 0 Å². The highest BCUT2D eigenvalue weighted by atomic mass is 16.6. The van der Waals surface area contributed by atoms with Crippen LogP contribution in [0.3, 0.4) is 0 Å². The number of hydrogen-bond donors (Lipinski definition) is 0. The lowest BCUT2D eigenvalue weighted by atomic mass is 10.2. The highest BCUT2D eigenvalue weighted by molar-refractivity contribution is 5.87. The third-order valence-electron chi connectivity index (χ3n) is 3.23. The number of carbonyl (C=O) groups is 1. The maximum absolute atomic E-state index is 12.1. The topological polar surface area (TPSA) is 48.0 Å². The molecule has 0 atom stereocenters. The Hall–Kier alpha value is -2.69. The van der Waals surface area contributed by atoms with Crippen molar-refractivity contribution in [3.8, 4) is 11.5 Å². The standard InChI is InChI=1S/C17H19NO4/c1-18(14-9-10-15(20-2)16(11-14)21-3)17(19)22-12-13-7-5-4-6-8-13/h4-11H,12H2,1-3H3. The van der Waals surface area contributed by atoms with E-state index in [-0.39, 0.29) is 6.61 Å². The van der Waals surface area contributed by atoms with E-state index in [0.717, 1.165) is 5.56 Å². The lowest BCUT2D eigenvalue weighted by Gasteiger charge is -2.18. The smallest absolute Gasteiger partial charge is 0.414 e. The zero-order valence-electron chi connectivity index (χ0n) is 12.9. The summed E-state index contributed by atoms with van der Waals surface area (Å²) in [5.74, 6) is 1.17. The molecule has 0 heterocycles. The van der Waals surface area contributed by atoms with Crippen molar-refractivity contribution in [2.24, 2.45) is 0 Å². The van der Waals surface area contributed by atoms with Gasteiger partial charge < -0.3 is 14.2 Å². The van der Waals surface area contributed by atoms with E-state index < -0.39 is 6.09 Å². The molecule has 5 nitrogen and oxygen atoms in total. The zero-order chi connectivity index (χ0) is 15.9. The summed E-state index contributed by atoms with van der Waals surface area (Å²) in [6.45, 7) is 0.233. The first-order chi connectivity index (χ1) is 10.7. The van der Waals surface area contributed by atoms with Crippen molar-refractivity contribution >= 4 is 11.8 Å². The van der Waals surface area contributed by atoms with Gasteiger partial charge in [0, 0.05) is 13.1 Å². The Kier molecular flexibility index (Phi) is 5.25. The summed E-state index contributed by atoms with van der Waals surface area (Å²) >= 11 is 0. The quantitative estimate of drug-likeness (QED) is 0.848. The Morgan fingerprint density at radius 1 is 1.00 bits per heavy atom. The first kappa shape index (κ1) is 15.7. The van der Waals surface area contributed by atoms with Gasteiger partial charge in [-0.15, -0.1) is 0 Å². The van der Waals surface area contributed by atoms with E-state index in [4.69, 9.17) is 14.2 Å². The van der Waals surface area contributed by atoms with Crippen LogP contribution in [0.1, 0.15) is 5.56 Å². The van der Waals surface area contributed by atoms with Crippen LogP contribution in [-0.4, -0.2) is 27.4 Å². The summed E-state index contributed by atoms with van der Waals surface area (Å²) < 4.78 is 15.7. The largest absolute Gasteiger partial charge is 0.493 e. The van der Waals surface area contributed by atoms with Crippen molar-refractivity contribution in [1.82, 2.24) is 0 Å². The van der Waals surface area contributed by atoms with Gasteiger partial charge in [-0.25, -0.2) is 4.79 Å². The highest BCUT2D eigenvalue weighted by Crippen LogP contribution is 2.31. The molecule has 116 valence electrons. The second kappa shape index (κ2) is 7.36. The number of nitrogens with zero attached hydrogens (tertiary/aromatic N) is 1. The third-order valence-corrected chi connectivity index (χ3v) is 3.23. The number of benzene rings is 2. The highest BCUT2D eigenvalue weighted by Gasteiger charge is 2.15. The van der Waals surface area contributed by atoms with Crippen LogP contribution in [0.2, 0.25) is 0 Å². The summed E-state index contributed by atoms with van der Waals surface area (Å²) in [6.07, 6.45) is -0.434. The summed E-state index contributed by atoms with van der Waals surface area (Å²) in [7, 11) is 4.76. The fourth-order valence-electron chi connectivity index (χ4n) is 1.96. The second-order valence-electron chi connectivity index (χ2n) is 4.64. The van der Waals surface area contributed by atoms with Gasteiger partial charge in [-0.2, -0.15) is 0 Å². The summed E-state index contributed by atoms with van der Waals surface area (Å²) in [5.41, 5.74) is 1.60. The number of amides is 1. The Morgan fingerprint density at radius 2 is 1.68 bits per heavy atom. The van der Waals surface area contributed by atoms with Gasteiger partial charge in [0.1, 0.15) is 6.61 Å². The van der Waals surface area contributed by atoms with Gasteiger partial charge >= 0.3 is 6.09 Å². The zero-order valence-corrected chi connectivity index (χ0v) is 12.9. The minimum atomic E-state index is -0.434. The number of hydrogen-bond acceptors (Lipinski definition) is 4. The van der Waals surface area contributed by atoms with Crippen LogP contribution < -0.4 is 14.4 Å². The van der Waals surface area contributed by atoms with Crippen molar-refractivity contribution in [2.45, 2.75) is 6.61 Å². The van der Waals surface area contributed by atoms with Crippen LogP contribution >= 0.6 is 0 Å². The van der Waals surface area contributed by atoms with E-state index in [9.17, 15) is 4.79 Å². The molecule has 0 saturated carbocycles. The van der Waals surface area contributed by atoms with Crippen LogP contribution in [0.15, 0.2) is 48.5 Å². The fourth-order valence-corrected chi connectivity index (χ4v) is 1.96. The molecule has 2 rings (SSSR count). The van der Waals surface area contributed by atoms with Gasteiger partial charge in [-0.3, -0.25) is 4.90 Å². The van der Waals surface area contributed by atoms with Crippen LogP contribution in [0, 0.1) is 0 Å². The number of carbonyl (C=O) groups excluding carboxylic acids is 1. The van der Waals surface area contributed by atoms with Crippen molar-refractivity contribution in [3.63, 3.8) is 0 Å². The molecule has 22 heavy (non-hydrogen) atoms. The molecule has 0 unspecified atom stereocenters.